The molecule has 0 radical (unpaired) electrons. The van der Waals surface area contributed by atoms with Crippen molar-refractivity contribution in [2.75, 3.05) is 11.4 Å². The average molecular weight is 338 g/mol. The predicted molar refractivity (Wildman–Crippen MR) is 79.5 cm³/mol. The van der Waals surface area contributed by atoms with Crippen LogP contribution in [0.1, 0.15) is 41.6 Å². The molecular weight excluding hydrogens is 321 g/mol. The molecule has 2 aromatic heterocycles. The van der Waals surface area contributed by atoms with E-state index in [0.29, 0.717) is 18.2 Å². The predicted octanol–water partition coefficient (Wildman–Crippen LogP) is 2.29. The lowest BCUT2D eigenvalue weighted by molar-refractivity contribution is -0.147. The van der Waals surface area contributed by atoms with Crippen LogP contribution >= 0.6 is 0 Å². The summed E-state index contributed by atoms with van der Waals surface area (Å²) in [7, 11) is 0. The zero-order chi connectivity index (χ0) is 16.9. The van der Waals surface area contributed by atoms with Crippen molar-refractivity contribution in [2.45, 2.75) is 51.9 Å². The van der Waals surface area contributed by atoms with Gasteiger partial charge in [0.2, 0.25) is 5.82 Å². The van der Waals surface area contributed by atoms with Gasteiger partial charge in [-0.05, 0) is 32.6 Å². The molecule has 0 fully saturated rings. The van der Waals surface area contributed by atoms with Gasteiger partial charge in [-0.1, -0.05) is 0 Å². The molecule has 6 nitrogen and oxygen atoms in total. The van der Waals surface area contributed by atoms with Gasteiger partial charge in [-0.15, -0.1) is 10.2 Å². The molecule has 0 bridgehead atoms. The third kappa shape index (κ3) is 2.51. The topological polar surface area (TPSA) is 59.7 Å². The van der Waals surface area contributed by atoms with E-state index in [1.807, 2.05) is 11.8 Å². The van der Waals surface area contributed by atoms with Gasteiger partial charge in [0.05, 0.1) is 6.54 Å². The number of aryl methyl sites for hydroxylation is 2. The Hall–Kier alpha value is -2.19. The fourth-order valence-corrected chi connectivity index (χ4v) is 3.50. The van der Waals surface area contributed by atoms with E-state index in [1.54, 1.807) is 0 Å². The van der Waals surface area contributed by atoms with Gasteiger partial charge in [-0.2, -0.15) is 13.2 Å². The van der Waals surface area contributed by atoms with Gasteiger partial charge >= 0.3 is 6.18 Å². The molecular formula is C15H17F3N6. The second-order valence-corrected chi connectivity index (χ2v) is 6.24. The molecule has 1 aliphatic carbocycles. The second-order valence-electron chi connectivity index (χ2n) is 6.24. The minimum Gasteiger partial charge on any atom is -0.347 e. The van der Waals surface area contributed by atoms with E-state index in [2.05, 4.69) is 20.2 Å². The number of halogens is 3. The minimum atomic E-state index is -4.47. The molecule has 2 aromatic rings. The lowest BCUT2D eigenvalue weighted by Gasteiger charge is -2.32. The average Bonchev–Trinajstić information content (AvgIpc) is 2.97. The van der Waals surface area contributed by atoms with Crippen LogP contribution in [0.25, 0.3) is 0 Å². The third-order valence-electron chi connectivity index (χ3n) is 4.58. The quantitative estimate of drug-likeness (QED) is 0.798. The Labute approximate surface area is 136 Å². The van der Waals surface area contributed by atoms with Crippen molar-refractivity contribution >= 4 is 5.82 Å². The summed E-state index contributed by atoms with van der Waals surface area (Å²) < 4.78 is 40.0. The standard InChI is InChI=1S/C15H17F3N6/c1-9-19-11-5-3-2-4-10(11)13(20-9)23-6-7-24-12(8-23)21-22-14(24)15(16,17)18/h2-8H2,1H3. The molecule has 4 rings (SSSR count). The molecule has 0 saturated heterocycles. The summed E-state index contributed by atoms with van der Waals surface area (Å²) in [5.74, 6) is 0.959. The summed E-state index contributed by atoms with van der Waals surface area (Å²) in [6, 6.07) is 0. The van der Waals surface area contributed by atoms with Crippen molar-refractivity contribution < 1.29 is 13.2 Å². The van der Waals surface area contributed by atoms with Gasteiger partial charge in [0, 0.05) is 24.3 Å². The van der Waals surface area contributed by atoms with Gasteiger partial charge < -0.3 is 9.47 Å². The summed E-state index contributed by atoms with van der Waals surface area (Å²) in [6.07, 6.45) is -0.408. The minimum absolute atomic E-state index is 0.203. The first-order valence-corrected chi connectivity index (χ1v) is 8.04. The molecule has 0 amide bonds. The van der Waals surface area contributed by atoms with E-state index < -0.39 is 12.0 Å². The van der Waals surface area contributed by atoms with Crippen molar-refractivity contribution in [3.8, 4) is 0 Å². The number of alkyl halides is 3. The van der Waals surface area contributed by atoms with Crippen molar-refractivity contribution in [2.24, 2.45) is 0 Å². The fourth-order valence-electron chi connectivity index (χ4n) is 3.50. The summed E-state index contributed by atoms with van der Waals surface area (Å²) in [5.41, 5.74) is 2.21. The van der Waals surface area contributed by atoms with Gasteiger partial charge in [0.1, 0.15) is 11.6 Å². The maximum absolute atomic E-state index is 12.9. The first-order chi connectivity index (χ1) is 11.4. The van der Waals surface area contributed by atoms with E-state index >= 15 is 0 Å². The van der Waals surface area contributed by atoms with Crippen LogP contribution in [0, 0.1) is 6.92 Å². The monoisotopic (exact) mass is 338 g/mol. The van der Waals surface area contributed by atoms with Crippen LogP contribution < -0.4 is 4.90 Å². The summed E-state index contributed by atoms with van der Waals surface area (Å²) in [6.45, 7) is 2.80. The first-order valence-electron chi connectivity index (χ1n) is 8.04. The van der Waals surface area contributed by atoms with Crippen LogP contribution in [0.4, 0.5) is 19.0 Å². The number of anilines is 1. The van der Waals surface area contributed by atoms with E-state index in [1.165, 1.54) is 0 Å². The molecule has 0 spiro atoms. The number of hydrogen-bond donors (Lipinski definition) is 0. The molecule has 2 aliphatic rings. The lowest BCUT2D eigenvalue weighted by Crippen LogP contribution is -2.37. The van der Waals surface area contributed by atoms with E-state index in [9.17, 15) is 13.2 Å². The lowest BCUT2D eigenvalue weighted by atomic mass is 9.96. The summed E-state index contributed by atoms with van der Waals surface area (Å²) in [5, 5.41) is 7.07. The molecule has 1 aliphatic heterocycles. The van der Waals surface area contributed by atoms with Crippen LogP contribution in [-0.4, -0.2) is 31.3 Å². The Balaban J connectivity index is 1.69. The maximum atomic E-state index is 12.9. The Kier molecular flexibility index (Phi) is 3.47. The van der Waals surface area contributed by atoms with Crippen LogP contribution in [-0.2, 0) is 32.1 Å². The molecule has 0 N–H and O–H groups in total. The highest BCUT2D eigenvalue weighted by Gasteiger charge is 2.39. The molecule has 128 valence electrons. The highest BCUT2D eigenvalue weighted by molar-refractivity contribution is 5.50. The zero-order valence-corrected chi connectivity index (χ0v) is 13.3. The van der Waals surface area contributed by atoms with Crippen LogP contribution in [0.15, 0.2) is 0 Å². The molecule has 0 atom stereocenters. The Morgan fingerprint density at radius 1 is 1.00 bits per heavy atom. The summed E-state index contributed by atoms with van der Waals surface area (Å²) in [4.78, 5) is 11.1. The number of nitrogens with zero attached hydrogens (tertiary/aromatic N) is 6. The Morgan fingerprint density at radius 2 is 1.79 bits per heavy atom. The molecule has 3 heterocycles. The molecule has 0 saturated carbocycles. The Bertz CT molecular complexity index is 782. The van der Waals surface area contributed by atoms with Gasteiger partial charge in [0.25, 0.3) is 0 Å². The van der Waals surface area contributed by atoms with E-state index in [0.717, 1.165) is 47.3 Å². The number of rotatable bonds is 1. The third-order valence-corrected chi connectivity index (χ3v) is 4.58. The Morgan fingerprint density at radius 3 is 2.58 bits per heavy atom. The molecule has 24 heavy (non-hydrogen) atoms. The molecule has 9 heteroatoms. The smallest absolute Gasteiger partial charge is 0.347 e. The second kappa shape index (κ2) is 5.42. The number of hydrogen-bond acceptors (Lipinski definition) is 5. The normalized spacial score (nSPS) is 17.6. The van der Waals surface area contributed by atoms with Crippen molar-refractivity contribution in [3.63, 3.8) is 0 Å². The van der Waals surface area contributed by atoms with Gasteiger partial charge in [0.15, 0.2) is 5.82 Å². The van der Waals surface area contributed by atoms with Crippen molar-refractivity contribution in [1.29, 1.82) is 0 Å². The largest absolute Gasteiger partial charge is 0.451 e. The van der Waals surface area contributed by atoms with Crippen molar-refractivity contribution in [3.05, 3.63) is 28.7 Å². The maximum Gasteiger partial charge on any atom is 0.451 e. The van der Waals surface area contributed by atoms with Gasteiger partial charge in [-0.3, -0.25) is 0 Å². The van der Waals surface area contributed by atoms with E-state index in [-0.39, 0.29) is 13.1 Å². The first kappa shape index (κ1) is 15.3. The number of fused-ring (bicyclic) bond motifs is 2. The SMILES string of the molecule is Cc1nc2c(c(N3CCn4c(nnc4C(F)(F)F)C3)n1)CCCC2. The number of aromatic nitrogens is 5. The summed E-state index contributed by atoms with van der Waals surface area (Å²) >= 11 is 0. The van der Waals surface area contributed by atoms with E-state index in [4.69, 9.17) is 0 Å². The highest BCUT2D eigenvalue weighted by atomic mass is 19.4. The van der Waals surface area contributed by atoms with Crippen LogP contribution in [0.3, 0.4) is 0 Å². The van der Waals surface area contributed by atoms with Crippen LogP contribution in [0.5, 0.6) is 0 Å². The van der Waals surface area contributed by atoms with Crippen LogP contribution in [0.2, 0.25) is 0 Å². The molecule has 0 aromatic carbocycles. The highest BCUT2D eigenvalue weighted by Crippen LogP contribution is 2.32. The fraction of sp³-hybridized carbons (Fsp3) is 0.600. The molecule has 0 unspecified atom stereocenters. The zero-order valence-electron chi connectivity index (χ0n) is 13.3. The van der Waals surface area contributed by atoms with Crippen molar-refractivity contribution in [1.82, 2.24) is 24.7 Å². The van der Waals surface area contributed by atoms with Gasteiger partial charge in [-0.25, -0.2) is 9.97 Å².